The number of aromatic nitrogens is 2. The smallest absolute Gasteiger partial charge is 0.267 e. The summed E-state index contributed by atoms with van der Waals surface area (Å²) < 4.78 is 1.15. The number of halogens is 1. The van der Waals surface area contributed by atoms with Gasteiger partial charge >= 0.3 is 0 Å². The molecule has 1 N–H and O–H groups in total. The van der Waals surface area contributed by atoms with Crippen molar-refractivity contribution in [1.29, 1.82) is 0 Å². The van der Waals surface area contributed by atoms with Crippen molar-refractivity contribution >= 4 is 43.0 Å². The Kier molecular flexibility index (Phi) is 6.82. The first-order valence-corrected chi connectivity index (χ1v) is 14.0. The van der Waals surface area contributed by atoms with Crippen molar-refractivity contribution in [3.05, 3.63) is 140 Å². The normalized spacial score (nSPS) is 15.0. The summed E-state index contributed by atoms with van der Waals surface area (Å²) >= 11 is 3.64. The van der Waals surface area contributed by atoms with Crippen LogP contribution in [0.2, 0.25) is 0 Å². The molecule has 7 rings (SSSR count). The number of nitrogens with zero attached hydrogens (tertiary/aromatic N) is 1. The number of rotatable bonds is 2. The van der Waals surface area contributed by atoms with Crippen LogP contribution in [0.1, 0.15) is 54.4 Å². The number of aromatic amines is 1. The number of nitrogens with one attached hydrogen (secondary N) is 1. The van der Waals surface area contributed by atoms with E-state index in [0.717, 1.165) is 9.86 Å². The van der Waals surface area contributed by atoms with Gasteiger partial charge in [-0.05, 0) is 82.5 Å². The molecule has 0 aliphatic heterocycles. The summed E-state index contributed by atoms with van der Waals surface area (Å²) in [5.41, 5.74) is 8.84. The third-order valence-corrected chi connectivity index (χ3v) is 8.31. The van der Waals surface area contributed by atoms with E-state index in [1.807, 2.05) is 18.2 Å². The number of aryl methyl sites for hydroxylation is 1. The van der Waals surface area contributed by atoms with E-state index in [0.29, 0.717) is 11.3 Å². The first kappa shape index (κ1) is 24.6. The highest BCUT2D eigenvalue weighted by Crippen LogP contribution is 2.42. The molecule has 0 amide bonds. The highest BCUT2D eigenvalue weighted by atomic mass is 79.9. The molecular formula is C34H29BrN2O. The minimum Gasteiger partial charge on any atom is -0.267 e. The molecule has 4 heteroatoms. The van der Waals surface area contributed by atoms with Gasteiger partial charge in [0, 0.05) is 21.2 Å². The molecule has 0 saturated carbocycles. The van der Waals surface area contributed by atoms with Crippen molar-refractivity contribution in [2.45, 2.75) is 38.5 Å². The van der Waals surface area contributed by atoms with E-state index in [1.54, 1.807) is 23.4 Å². The molecule has 0 radical (unpaired) electrons. The molecule has 3 nitrogen and oxygen atoms in total. The fraction of sp³-hybridized carbons (Fsp3) is 0.176. The molecule has 0 saturated heterocycles. The summed E-state index contributed by atoms with van der Waals surface area (Å²) in [6.07, 6.45) is 11.2. The Morgan fingerprint density at radius 3 is 2.61 bits per heavy atom. The predicted molar refractivity (Wildman–Crippen MR) is 162 cm³/mol. The van der Waals surface area contributed by atoms with Crippen LogP contribution in [0.25, 0.3) is 27.1 Å². The van der Waals surface area contributed by atoms with E-state index in [-0.39, 0.29) is 5.56 Å². The molecule has 0 fully saturated rings. The molecule has 38 heavy (non-hydrogen) atoms. The summed E-state index contributed by atoms with van der Waals surface area (Å²) in [6.45, 7) is 2.34. The van der Waals surface area contributed by atoms with Crippen LogP contribution in [0.15, 0.2) is 112 Å². The summed E-state index contributed by atoms with van der Waals surface area (Å²) in [5.74, 6) is 0.370. The molecule has 1 aromatic heterocycles. The van der Waals surface area contributed by atoms with Gasteiger partial charge in [0.2, 0.25) is 0 Å². The van der Waals surface area contributed by atoms with E-state index in [1.165, 1.54) is 58.7 Å². The van der Waals surface area contributed by atoms with Gasteiger partial charge in [-0.15, -0.1) is 0 Å². The molecule has 4 aromatic carbocycles. The van der Waals surface area contributed by atoms with E-state index in [9.17, 15) is 4.79 Å². The molecule has 188 valence electrons. The first-order chi connectivity index (χ1) is 18.6. The number of fused-ring (bicyclic) bond motifs is 5. The molecule has 1 atom stereocenters. The molecule has 1 unspecified atom stereocenters. The summed E-state index contributed by atoms with van der Waals surface area (Å²) in [4.78, 5) is 11.1. The Hall–Kier alpha value is -3.76. The maximum Gasteiger partial charge on any atom is 0.272 e. The predicted octanol–water partition coefficient (Wildman–Crippen LogP) is 8.73. The Balaban J connectivity index is 0.000000200. The van der Waals surface area contributed by atoms with Crippen molar-refractivity contribution < 1.29 is 0 Å². The van der Waals surface area contributed by atoms with Crippen LogP contribution in [0.4, 0.5) is 0 Å². The summed E-state index contributed by atoms with van der Waals surface area (Å²) in [6, 6.07) is 27.6. The lowest BCUT2D eigenvalue weighted by atomic mass is 9.77. The van der Waals surface area contributed by atoms with Gasteiger partial charge < -0.3 is 0 Å². The van der Waals surface area contributed by atoms with Gasteiger partial charge in [-0.25, -0.2) is 5.10 Å². The second kappa shape index (κ2) is 10.5. The van der Waals surface area contributed by atoms with E-state index < -0.39 is 0 Å². The quantitative estimate of drug-likeness (QED) is 0.234. The fourth-order valence-corrected chi connectivity index (χ4v) is 6.29. The highest BCUT2D eigenvalue weighted by Gasteiger charge is 2.23. The largest absolute Gasteiger partial charge is 0.272 e. The van der Waals surface area contributed by atoms with Crippen molar-refractivity contribution in [3.8, 4) is 0 Å². The van der Waals surface area contributed by atoms with Crippen LogP contribution in [0.5, 0.6) is 0 Å². The standard InChI is InChI=1S/C26H23Br.C8H6N2O/c1-17(20-8-4-9-21(27)16-20)22-11-5-7-19-13-14-24-23-10-3-2-6-18(23)12-15-25(24)26(19)22;11-8-7-4-2-1-3-6(7)5-9-10-8/h3-5,7-11,13-14,16-17H,2,6,12,15H2,1H3;1-5H,(H,10,11). The summed E-state index contributed by atoms with van der Waals surface area (Å²) in [7, 11) is 0. The van der Waals surface area contributed by atoms with Crippen LogP contribution < -0.4 is 5.56 Å². The molecule has 2 aliphatic rings. The molecule has 1 heterocycles. The number of hydrogen-bond donors (Lipinski definition) is 1. The summed E-state index contributed by atoms with van der Waals surface area (Å²) in [5, 5.41) is 10.4. The molecule has 2 aliphatic carbocycles. The second-order valence-electron chi connectivity index (χ2n) is 10.1. The molecular weight excluding hydrogens is 532 g/mol. The molecule has 0 spiro atoms. The SMILES string of the molecule is CC(c1cccc(Br)c1)c1cccc2ccc3c(c12)CCC1=C3C=CCC1.O=c1[nH]ncc2ccccc12. The zero-order chi connectivity index (χ0) is 26.1. The molecule has 0 bridgehead atoms. The van der Waals surface area contributed by atoms with Crippen molar-refractivity contribution in [2.75, 3.05) is 0 Å². The van der Waals surface area contributed by atoms with Crippen LogP contribution in [0, 0.1) is 0 Å². The average Bonchev–Trinajstić information content (AvgIpc) is 2.97. The zero-order valence-corrected chi connectivity index (χ0v) is 23.0. The van der Waals surface area contributed by atoms with Gasteiger partial charge in [-0.2, -0.15) is 5.10 Å². The van der Waals surface area contributed by atoms with Crippen LogP contribution in [0.3, 0.4) is 0 Å². The van der Waals surface area contributed by atoms with Gasteiger partial charge in [0.1, 0.15) is 0 Å². The highest BCUT2D eigenvalue weighted by molar-refractivity contribution is 9.10. The van der Waals surface area contributed by atoms with E-state index in [2.05, 4.69) is 99.8 Å². The lowest BCUT2D eigenvalue weighted by Gasteiger charge is -2.27. The van der Waals surface area contributed by atoms with Gasteiger partial charge in [0.15, 0.2) is 0 Å². The Bertz CT molecular complexity index is 1770. The Labute approximate surface area is 231 Å². The minimum absolute atomic E-state index is 0.136. The lowest BCUT2D eigenvalue weighted by Crippen LogP contribution is -2.08. The first-order valence-electron chi connectivity index (χ1n) is 13.2. The third-order valence-electron chi connectivity index (χ3n) is 7.82. The molecule has 5 aromatic rings. The van der Waals surface area contributed by atoms with Crippen LogP contribution >= 0.6 is 15.9 Å². The van der Waals surface area contributed by atoms with E-state index in [4.69, 9.17) is 0 Å². The van der Waals surface area contributed by atoms with Gasteiger partial charge in [0.25, 0.3) is 5.56 Å². The lowest BCUT2D eigenvalue weighted by molar-refractivity contribution is 0.829. The third kappa shape index (κ3) is 4.65. The van der Waals surface area contributed by atoms with Crippen LogP contribution in [-0.4, -0.2) is 10.2 Å². The fourth-order valence-electron chi connectivity index (χ4n) is 5.88. The monoisotopic (exact) mass is 560 g/mol. The second-order valence-corrected chi connectivity index (χ2v) is 11.0. The number of H-pyrrole nitrogens is 1. The maximum absolute atomic E-state index is 11.1. The van der Waals surface area contributed by atoms with Crippen LogP contribution in [-0.2, 0) is 6.42 Å². The van der Waals surface area contributed by atoms with Crippen molar-refractivity contribution in [1.82, 2.24) is 10.2 Å². The number of hydrogen-bond acceptors (Lipinski definition) is 2. The van der Waals surface area contributed by atoms with Gasteiger partial charge in [-0.3, -0.25) is 4.79 Å². The van der Waals surface area contributed by atoms with Gasteiger partial charge in [0.05, 0.1) is 6.20 Å². The number of benzene rings is 4. The van der Waals surface area contributed by atoms with E-state index >= 15 is 0 Å². The maximum atomic E-state index is 11.1. The van der Waals surface area contributed by atoms with Gasteiger partial charge in [-0.1, -0.05) is 101 Å². The minimum atomic E-state index is -0.136. The Morgan fingerprint density at radius 2 is 1.74 bits per heavy atom. The number of allylic oxidation sites excluding steroid dienone is 4. The van der Waals surface area contributed by atoms with Crippen molar-refractivity contribution in [2.24, 2.45) is 0 Å². The Morgan fingerprint density at radius 1 is 0.895 bits per heavy atom. The topological polar surface area (TPSA) is 45.8 Å². The van der Waals surface area contributed by atoms with Crippen molar-refractivity contribution in [3.63, 3.8) is 0 Å². The average molecular weight is 562 g/mol. The zero-order valence-electron chi connectivity index (χ0n) is 21.4.